The molecule has 0 radical (unpaired) electrons. The smallest absolute Gasteiger partial charge is 0.348 e. The Bertz CT molecular complexity index is 1890. The number of ketones is 4. The van der Waals surface area contributed by atoms with Gasteiger partial charge >= 0.3 is 23.9 Å². The topological polar surface area (TPSA) is 330 Å². The van der Waals surface area contributed by atoms with Crippen molar-refractivity contribution in [2.75, 3.05) is 0 Å². The lowest BCUT2D eigenvalue weighted by Gasteiger charge is -2.34. The Morgan fingerprint density at radius 3 is 0.544 bits per heavy atom. The molecule has 0 aliphatic rings. The molecule has 300 valence electrons. The summed E-state index contributed by atoms with van der Waals surface area (Å²) < 4.78 is 0. The van der Waals surface area contributed by atoms with Crippen LogP contribution in [0.4, 0.5) is 0 Å². The minimum Gasteiger partial charge on any atom is -0.479 e. The van der Waals surface area contributed by atoms with Crippen molar-refractivity contribution in [2.24, 2.45) is 0 Å². The van der Waals surface area contributed by atoms with E-state index in [9.17, 15) is 79.2 Å². The van der Waals surface area contributed by atoms with Gasteiger partial charge in [0.25, 0.3) is 22.4 Å². The van der Waals surface area contributed by atoms with Crippen molar-refractivity contribution < 1.29 is 84.7 Å². The molecule has 57 heavy (non-hydrogen) atoms. The molecule has 4 atom stereocenters. The van der Waals surface area contributed by atoms with E-state index in [1.807, 2.05) is 0 Å². The number of aryl methyl sites for hydroxylation is 4. The molecule has 0 saturated carbocycles. The average molecular weight is 791 g/mol. The van der Waals surface area contributed by atoms with Crippen LogP contribution >= 0.6 is 0 Å². The fourth-order valence-corrected chi connectivity index (χ4v) is 5.32. The number of aliphatic carboxylic acids is 4. The first-order valence-corrected chi connectivity index (χ1v) is 16.2. The van der Waals surface area contributed by atoms with E-state index < -0.39 is 69.4 Å². The summed E-state index contributed by atoms with van der Waals surface area (Å²) in [6.45, 7) is 6.75. The van der Waals surface area contributed by atoms with E-state index in [0.29, 0.717) is 22.3 Å². The van der Waals surface area contributed by atoms with Gasteiger partial charge in [0.05, 0.1) is 0 Å². The highest BCUT2D eigenvalue weighted by Gasteiger charge is 2.71. The van der Waals surface area contributed by atoms with Crippen LogP contribution in [0, 0.1) is 27.7 Å². The molecule has 4 rings (SSSR count). The summed E-state index contributed by atoms with van der Waals surface area (Å²) in [7, 11) is 0. The lowest BCUT2D eigenvalue weighted by atomic mass is 9.73. The van der Waals surface area contributed by atoms with Crippen LogP contribution in [0.15, 0.2) is 97.1 Å². The van der Waals surface area contributed by atoms with Crippen LogP contribution < -0.4 is 0 Å². The molecule has 17 heteroatoms. The maximum atomic E-state index is 12.8. The Labute approximate surface area is 323 Å². The number of rotatable bonds is 14. The molecule has 0 amide bonds. The van der Waals surface area contributed by atoms with E-state index in [-0.39, 0.29) is 27.7 Å². The van der Waals surface area contributed by atoms with Gasteiger partial charge < -0.3 is 46.3 Å². The fourth-order valence-electron chi connectivity index (χ4n) is 5.32. The minimum atomic E-state index is -3.96. The molecule has 4 aromatic carbocycles. The van der Waals surface area contributed by atoms with Crippen molar-refractivity contribution in [2.45, 2.75) is 50.1 Å². The van der Waals surface area contributed by atoms with Gasteiger partial charge in [-0.2, -0.15) is 0 Å². The van der Waals surface area contributed by atoms with E-state index in [0.717, 1.165) is 48.5 Å². The number of carboxylic acids is 4. The second kappa shape index (κ2) is 17.4. The summed E-state index contributed by atoms with van der Waals surface area (Å²) in [4.78, 5) is 98.2. The van der Waals surface area contributed by atoms with Crippen molar-refractivity contribution in [3.8, 4) is 0 Å². The zero-order chi connectivity index (χ0) is 42.6. The molecule has 0 fully saturated rings. The van der Waals surface area contributed by atoms with Gasteiger partial charge in [-0.15, -0.1) is 0 Å². The highest BCUT2D eigenvalue weighted by atomic mass is 16.5. The van der Waals surface area contributed by atoms with Crippen LogP contribution in [0.25, 0.3) is 0 Å². The van der Waals surface area contributed by atoms with Crippen LogP contribution in [0.1, 0.15) is 63.7 Å². The van der Waals surface area contributed by atoms with Gasteiger partial charge in [0.1, 0.15) is 0 Å². The largest absolute Gasteiger partial charge is 0.479 e. The molecule has 0 bridgehead atoms. The summed E-state index contributed by atoms with van der Waals surface area (Å²) in [5.74, 6) is -16.0. The van der Waals surface area contributed by atoms with Crippen molar-refractivity contribution in [3.05, 3.63) is 142 Å². The monoisotopic (exact) mass is 790 g/mol. The molecule has 0 heterocycles. The van der Waals surface area contributed by atoms with Crippen molar-refractivity contribution in [1.82, 2.24) is 0 Å². The summed E-state index contributed by atoms with van der Waals surface area (Å²) in [6, 6.07) is 20.7. The van der Waals surface area contributed by atoms with Crippen LogP contribution in [0.3, 0.4) is 0 Å². The number of carbonyl (C=O) groups excluding carboxylic acids is 4. The highest BCUT2D eigenvalue weighted by molar-refractivity contribution is 6.29. The van der Waals surface area contributed by atoms with Gasteiger partial charge in [-0.25, -0.2) is 19.2 Å². The highest BCUT2D eigenvalue weighted by Crippen LogP contribution is 2.33. The van der Waals surface area contributed by atoms with Crippen molar-refractivity contribution >= 4 is 47.0 Å². The van der Waals surface area contributed by atoms with E-state index in [2.05, 4.69) is 0 Å². The molecular weight excluding hydrogens is 752 g/mol. The van der Waals surface area contributed by atoms with Crippen molar-refractivity contribution in [1.29, 1.82) is 0 Å². The fraction of sp³-hybridized carbons (Fsp3) is 0.200. The standard InChI is InChI=1S/2C20H18O8.H2O/c2*1-11-3-7-13(8-4-11)15(21)19(27,17(23)24)20(28,18(25)26)16(22)14-9-5-12(2)6-10-14;/h2*3-10,27-28H,1-2H3,(H,23,24)(H,25,26);1H2. The Morgan fingerprint density at radius 1 is 0.316 bits per heavy atom. The number of benzene rings is 4. The minimum absolute atomic E-state index is 0. The summed E-state index contributed by atoms with van der Waals surface area (Å²) >= 11 is 0. The lowest BCUT2D eigenvalue weighted by Crippen LogP contribution is -2.71. The molecule has 0 aliphatic heterocycles. The molecule has 0 aliphatic carbocycles. The van der Waals surface area contributed by atoms with E-state index in [1.54, 1.807) is 27.7 Å². The number of carbonyl (C=O) groups is 8. The normalized spacial score (nSPS) is 14.9. The third-order valence-electron chi connectivity index (χ3n) is 8.85. The van der Waals surface area contributed by atoms with Gasteiger partial charge in [-0.3, -0.25) is 19.2 Å². The second-order valence-electron chi connectivity index (χ2n) is 12.8. The first kappa shape index (κ1) is 46.4. The Kier molecular flexibility index (Phi) is 14.1. The van der Waals surface area contributed by atoms with Crippen LogP contribution in [0.5, 0.6) is 0 Å². The van der Waals surface area contributed by atoms with E-state index in [1.165, 1.54) is 48.5 Å². The summed E-state index contributed by atoms with van der Waals surface area (Å²) in [5, 5.41) is 80.6. The van der Waals surface area contributed by atoms with Gasteiger partial charge in [0.15, 0.2) is 0 Å². The third kappa shape index (κ3) is 8.27. The summed E-state index contributed by atoms with van der Waals surface area (Å²) in [6.07, 6.45) is 0. The van der Waals surface area contributed by atoms with E-state index in [4.69, 9.17) is 0 Å². The zero-order valence-electron chi connectivity index (χ0n) is 30.6. The number of hydrogen-bond acceptors (Lipinski definition) is 12. The number of carboxylic acid groups (broad SMARTS) is 4. The van der Waals surface area contributed by atoms with Crippen molar-refractivity contribution in [3.63, 3.8) is 0 Å². The van der Waals surface area contributed by atoms with E-state index >= 15 is 0 Å². The first-order valence-electron chi connectivity index (χ1n) is 16.2. The van der Waals surface area contributed by atoms with Gasteiger partial charge in [0.2, 0.25) is 23.1 Å². The first-order chi connectivity index (χ1) is 25.9. The predicted molar refractivity (Wildman–Crippen MR) is 196 cm³/mol. The average Bonchev–Trinajstić information content (AvgIpc) is 3.16. The Balaban J connectivity index is 0.000000387. The van der Waals surface area contributed by atoms with Gasteiger partial charge in [0, 0.05) is 22.3 Å². The molecule has 0 aromatic heterocycles. The van der Waals surface area contributed by atoms with Crippen LogP contribution in [0.2, 0.25) is 0 Å². The maximum Gasteiger partial charge on any atom is 0.348 e. The van der Waals surface area contributed by atoms with Gasteiger partial charge in [-0.05, 0) is 27.7 Å². The summed E-state index contributed by atoms with van der Waals surface area (Å²) in [5.41, 5.74) is -14.5. The Morgan fingerprint density at radius 2 is 0.439 bits per heavy atom. The van der Waals surface area contributed by atoms with Crippen LogP contribution in [-0.4, -0.2) is 116 Å². The van der Waals surface area contributed by atoms with Gasteiger partial charge in [-0.1, -0.05) is 119 Å². The molecule has 4 aromatic rings. The van der Waals surface area contributed by atoms with Crippen LogP contribution in [-0.2, 0) is 19.2 Å². The maximum absolute atomic E-state index is 12.8. The molecule has 0 spiro atoms. The number of hydrogen-bond donors (Lipinski definition) is 8. The Hall–Kier alpha value is -6.76. The third-order valence-corrected chi connectivity index (χ3v) is 8.85. The molecule has 0 saturated heterocycles. The molecular formula is C40H38O17. The molecule has 17 nitrogen and oxygen atoms in total. The molecule has 4 unspecified atom stereocenters. The zero-order valence-corrected chi connectivity index (χ0v) is 30.6. The quantitative estimate of drug-likeness (QED) is 0.0656. The lowest BCUT2D eigenvalue weighted by molar-refractivity contribution is -0.187. The molecule has 10 N–H and O–H groups in total. The second-order valence-corrected chi connectivity index (χ2v) is 12.8. The number of aliphatic hydroxyl groups is 4. The number of Topliss-reactive ketones (excluding diaryl/α,β-unsaturated/α-hetero) is 4. The SMILES string of the molecule is Cc1ccc(C(=O)C(O)(C(=O)O)C(O)(C(=O)O)C(=O)c2ccc(C)cc2)cc1.Cc1ccc(C(=O)C(O)(C(=O)O)C(O)(C(=O)O)C(=O)c2ccc(C)cc2)cc1.O. The predicted octanol–water partition coefficient (Wildman–Crippen LogP) is 1.18.